The van der Waals surface area contributed by atoms with Crippen molar-refractivity contribution in [1.82, 2.24) is 4.90 Å². The molecular formula is C12H14Cl2N2O3. The zero-order valence-electron chi connectivity index (χ0n) is 10.5. The van der Waals surface area contributed by atoms with E-state index >= 15 is 0 Å². The Labute approximate surface area is 121 Å². The highest BCUT2D eigenvalue weighted by molar-refractivity contribution is 6.42. The van der Waals surface area contributed by atoms with E-state index in [4.69, 9.17) is 28.3 Å². The minimum atomic E-state index is -1.05. The molecule has 1 atom stereocenters. The van der Waals surface area contributed by atoms with Gasteiger partial charge in [0.2, 0.25) is 0 Å². The van der Waals surface area contributed by atoms with Gasteiger partial charge in [-0.15, -0.1) is 0 Å². The highest BCUT2D eigenvalue weighted by atomic mass is 35.5. The number of nitrogens with zero attached hydrogens (tertiary/aromatic N) is 1. The van der Waals surface area contributed by atoms with E-state index in [0.717, 1.165) is 4.90 Å². The van der Waals surface area contributed by atoms with E-state index in [1.807, 2.05) is 0 Å². The monoisotopic (exact) mass is 304 g/mol. The third-order valence-corrected chi connectivity index (χ3v) is 3.37. The molecule has 1 aromatic carbocycles. The predicted molar refractivity (Wildman–Crippen MR) is 75.0 cm³/mol. The lowest BCUT2D eigenvalue weighted by atomic mass is 10.2. The van der Waals surface area contributed by atoms with Gasteiger partial charge in [0.15, 0.2) is 0 Å². The molecule has 0 aliphatic heterocycles. The topological polar surface area (TPSA) is 69.6 Å². The van der Waals surface area contributed by atoms with E-state index in [1.54, 1.807) is 19.1 Å². The Morgan fingerprint density at radius 3 is 2.47 bits per heavy atom. The summed E-state index contributed by atoms with van der Waals surface area (Å²) >= 11 is 11.6. The highest BCUT2D eigenvalue weighted by Gasteiger charge is 2.24. The second kappa shape index (κ2) is 6.63. The van der Waals surface area contributed by atoms with Crippen LogP contribution in [0.15, 0.2) is 18.2 Å². The molecule has 104 valence electrons. The van der Waals surface area contributed by atoms with Gasteiger partial charge >= 0.3 is 12.0 Å². The third kappa shape index (κ3) is 4.01. The number of hydrogen-bond donors (Lipinski definition) is 2. The van der Waals surface area contributed by atoms with Gasteiger partial charge in [0.1, 0.15) is 6.04 Å². The van der Waals surface area contributed by atoms with Crippen molar-refractivity contribution in [2.45, 2.75) is 19.4 Å². The van der Waals surface area contributed by atoms with Crippen LogP contribution in [0, 0.1) is 0 Å². The van der Waals surface area contributed by atoms with Crippen LogP contribution >= 0.6 is 23.2 Å². The molecule has 1 unspecified atom stereocenters. The molecule has 7 heteroatoms. The fraction of sp³-hybridized carbons (Fsp3) is 0.333. The normalized spacial score (nSPS) is 11.8. The molecule has 1 aromatic rings. The van der Waals surface area contributed by atoms with E-state index in [1.165, 1.54) is 13.1 Å². The van der Waals surface area contributed by atoms with Crippen LogP contribution in [-0.4, -0.2) is 35.1 Å². The van der Waals surface area contributed by atoms with Gasteiger partial charge in [-0.05, 0) is 24.6 Å². The highest BCUT2D eigenvalue weighted by Crippen LogP contribution is 2.25. The van der Waals surface area contributed by atoms with Gasteiger partial charge < -0.3 is 15.3 Å². The average molecular weight is 305 g/mol. The number of urea groups is 1. The number of aliphatic carboxylic acids is 1. The van der Waals surface area contributed by atoms with Crippen molar-refractivity contribution in [3.8, 4) is 0 Å². The van der Waals surface area contributed by atoms with Crippen LogP contribution in [0.3, 0.4) is 0 Å². The summed E-state index contributed by atoms with van der Waals surface area (Å²) < 4.78 is 0. The molecule has 0 aromatic heterocycles. The molecule has 19 heavy (non-hydrogen) atoms. The van der Waals surface area contributed by atoms with Crippen LogP contribution in [0.1, 0.15) is 13.3 Å². The van der Waals surface area contributed by atoms with Crippen molar-refractivity contribution in [1.29, 1.82) is 0 Å². The molecule has 0 bridgehead atoms. The summed E-state index contributed by atoms with van der Waals surface area (Å²) in [5, 5.41) is 12.2. The molecular weight excluding hydrogens is 291 g/mol. The number of benzene rings is 1. The van der Waals surface area contributed by atoms with Gasteiger partial charge in [-0.2, -0.15) is 0 Å². The maximum atomic E-state index is 11.9. The van der Waals surface area contributed by atoms with E-state index in [0.29, 0.717) is 22.2 Å². The Kier molecular flexibility index (Phi) is 5.44. The Morgan fingerprint density at radius 1 is 1.37 bits per heavy atom. The summed E-state index contributed by atoms with van der Waals surface area (Å²) in [6, 6.07) is 3.24. The second-order valence-electron chi connectivity index (χ2n) is 3.93. The number of hydrogen-bond acceptors (Lipinski definition) is 2. The standard InChI is InChI=1S/C12H14Cl2N2O3/c1-3-10(11(17)18)16(2)12(19)15-7-4-5-8(13)9(14)6-7/h4-6,10H,3H2,1-2H3,(H,15,19)(H,17,18). The largest absolute Gasteiger partial charge is 0.480 e. The van der Waals surface area contributed by atoms with E-state index < -0.39 is 18.0 Å². The molecule has 1 rings (SSSR count). The van der Waals surface area contributed by atoms with Gasteiger partial charge in [-0.1, -0.05) is 30.1 Å². The number of carbonyl (C=O) groups is 2. The van der Waals surface area contributed by atoms with Crippen LogP contribution in [0.25, 0.3) is 0 Å². The number of likely N-dealkylation sites (N-methyl/N-ethyl adjacent to an activating group) is 1. The average Bonchev–Trinajstić information content (AvgIpc) is 2.34. The van der Waals surface area contributed by atoms with Gasteiger partial charge in [0, 0.05) is 12.7 Å². The Morgan fingerprint density at radius 2 is 2.00 bits per heavy atom. The molecule has 0 heterocycles. The van der Waals surface area contributed by atoms with Gasteiger partial charge in [0.25, 0.3) is 0 Å². The first-order valence-corrected chi connectivity index (χ1v) is 6.34. The summed E-state index contributed by atoms with van der Waals surface area (Å²) in [6.07, 6.45) is 0.320. The van der Waals surface area contributed by atoms with Crippen molar-refractivity contribution in [3.05, 3.63) is 28.2 Å². The molecule has 0 aliphatic rings. The molecule has 2 amide bonds. The van der Waals surface area contributed by atoms with E-state index in [-0.39, 0.29) is 0 Å². The first-order valence-electron chi connectivity index (χ1n) is 5.58. The number of nitrogens with one attached hydrogen (secondary N) is 1. The van der Waals surface area contributed by atoms with E-state index in [2.05, 4.69) is 5.32 Å². The number of amides is 2. The minimum Gasteiger partial charge on any atom is -0.480 e. The predicted octanol–water partition coefficient (Wildman–Crippen LogP) is 3.32. The second-order valence-corrected chi connectivity index (χ2v) is 4.75. The van der Waals surface area contributed by atoms with Crippen LogP contribution in [0.2, 0.25) is 10.0 Å². The minimum absolute atomic E-state index is 0.312. The van der Waals surface area contributed by atoms with Gasteiger partial charge in [0.05, 0.1) is 10.0 Å². The number of anilines is 1. The van der Waals surface area contributed by atoms with Gasteiger partial charge in [-0.25, -0.2) is 9.59 Å². The summed E-state index contributed by atoms with van der Waals surface area (Å²) in [6.45, 7) is 1.70. The Hall–Kier alpha value is -1.46. The molecule has 0 saturated heterocycles. The molecule has 0 aliphatic carbocycles. The zero-order chi connectivity index (χ0) is 14.6. The number of rotatable bonds is 4. The van der Waals surface area contributed by atoms with Crippen LogP contribution in [0.5, 0.6) is 0 Å². The van der Waals surface area contributed by atoms with Crippen LogP contribution in [0.4, 0.5) is 10.5 Å². The molecule has 0 saturated carbocycles. The number of halogens is 2. The molecule has 0 fully saturated rings. The maximum absolute atomic E-state index is 11.9. The summed E-state index contributed by atoms with van der Waals surface area (Å²) in [4.78, 5) is 24.0. The molecule has 5 nitrogen and oxygen atoms in total. The lowest BCUT2D eigenvalue weighted by molar-refractivity contribution is -0.141. The van der Waals surface area contributed by atoms with Crippen molar-refractivity contribution in [2.75, 3.05) is 12.4 Å². The van der Waals surface area contributed by atoms with E-state index in [9.17, 15) is 9.59 Å². The fourth-order valence-electron chi connectivity index (χ4n) is 1.54. The summed E-state index contributed by atoms with van der Waals surface area (Å²) in [5.41, 5.74) is 0.450. The molecule has 0 spiro atoms. The number of carbonyl (C=O) groups excluding carboxylic acids is 1. The van der Waals surface area contributed by atoms with Crippen molar-refractivity contribution < 1.29 is 14.7 Å². The maximum Gasteiger partial charge on any atom is 0.326 e. The van der Waals surface area contributed by atoms with Gasteiger partial charge in [-0.3, -0.25) is 0 Å². The quantitative estimate of drug-likeness (QED) is 0.896. The Bertz CT molecular complexity index is 494. The van der Waals surface area contributed by atoms with Crippen molar-refractivity contribution >= 4 is 40.9 Å². The Balaban J connectivity index is 2.78. The first-order chi connectivity index (χ1) is 8.86. The molecule has 2 N–H and O–H groups in total. The number of carboxylic acids is 1. The van der Waals surface area contributed by atoms with Crippen LogP contribution in [-0.2, 0) is 4.79 Å². The lowest BCUT2D eigenvalue weighted by Crippen LogP contribution is -2.44. The summed E-state index contributed by atoms with van der Waals surface area (Å²) in [5.74, 6) is -1.05. The lowest BCUT2D eigenvalue weighted by Gasteiger charge is -2.24. The van der Waals surface area contributed by atoms with Crippen molar-refractivity contribution in [3.63, 3.8) is 0 Å². The fourth-order valence-corrected chi connectivity index (χ4v) is 1.84. The third-order valence-electron chi connectivity index (χ3n) is 2.63. The SMILES string of the molecule is CCC(C(=O)O)N(C)C(=O)Nc1ccc(Cl)c(Cl)c1. The summed E-state index contributed by atoms with van der Waals surface area (Å²) in [7, 11) is 1.43. The van der Waals surface area contributed by atoms with Crippen LogP contribution < -0.4 is 5.32 Å². The van der Waals surface area contributed by atoms with Crippen molar-refractivity contribution in [2.24, 2.45) is 0 Å². The smallest absolute Gasteiger partial charge is 0.326 e. The zero-order valence-corrected chi connectivity index (χ0v) is 12.0. The molecule has 0 radical (unpaired) electrons. The number of carboxylic acid groups (broad SMARTS) is 1. The first kappa shape index (κ1) is 15.6.